The fourth-order valence-electron chi connectivity index (χ4n) is 2.43. The van der Waals surface area contributed by atoms with E-state index in [1.807, 2.05) is 48.5 Å². The molecule has 0 aliphatic heterocycles. The lowest BCUT2D eigenvalue weighted by Crippen LogP contribution is -2.34. The Balaban J connectivity index is 1.42. The molecule has 3 rings (SSSR count). The average molecular weight is 351 g/mol. The van der Waals surface area contributed by atoms with Crippen molar-refractivity contribution in [2.45, 2.75) is 19.6 Å². The molecule has 0 radical (unpaired) electrons. The number of urea groups is 1. The Labute approximate surface area is 152 Å². The lowest BCUT2D eigenvalue weighted by molar-refractivity contribution is 0.240. The molecule has 134 valence electrons. The predicted octanol–water partition coefficient (Wildman–Crippen LogP) is 2.33. The average Bonchev–Trinajstić information content (AvgIpc) is 3.19. The summed E-state index contributed by atoms with van der Waals surface area (Å²) in [6, 6.07) is 15.4. The summed E-state index contributed by atoms with van der Waals surface area (Å²) in [6.45, 7) is 1.61. The first-order valence-electron chi connectivity index (χ1n) is 8.28. The second-order valence-corrected chi connectivity index (χ2v) is 5.79. The van der Waals surface area contributed by atoms with Crippen LogP contribution < -0.4 is 15.4 Å². The third-order valence-electron chi connectivity index (χ3n) is 3.90. The zero-order valence-electron chi connectivity index (χ0n) is 14.6. The van der Waals surface area contributed by atoms with Crippen LogP contribution in [0.15, 0.2) is 61.2 Å². The van der Waals surface area contributed by atoms with Gasteiger partial charge in [-0.1, -0.05) is 36.4 Å². The fourth-order valence-corrected chi connectivity index (χ4v) is 2.43. The van der Waals surface area contributed by atoms with Gasteiger partial charge in [-0.05, 0) is 28.8 Å². The van der Waals surface area contributed by atoms with Gasteiger partial charge in [0.1, 0.15) is 18.4 Å². The lowest BCUT2D eigenvalue weighted by Gasteiger charge is -2.09. The van der Waals surface area contributed by atoms with E-state index in [0.717, 1.165) is 22.4 Å². The summed E-state index contributed by atoms with van der Waals surface area (Å²) in [6.07, 6.45) is 3.20. The van der Waals surface area contributed by atoms with E-state index in [1.165, 1.54) is 6.33 Å². The summed E-state index contributed by atoms with van der Waals surface area (Å²) in [4.78, 5) is 15.8. The van der Waals surface area contributed by atoms with E-state index < -0.39 is 0 Å². The lowest BCUT2D eigenvalue weighted by atomic mass is 10.1. The Bertz CT molecular complexity index is 814. The number of hydrogen-bond acceptors (Lipinski definition) is 4. The Morgan fingerprint density at radius 3 is 2.08 bits per heavy atom. The standard InChI is InChI=1S/C19H21N5O2/c1-26-18-8-6-16(7-9-18)11-22-19(25)21-10-15-2-4-17(5-3-15)12-24-14-20-13-23-24/h2-9,13-14H,10-12H2,1H3,(H2,21,22,25). The van der Waals surface area contributed by atoms with Crippen molar-refractivity contribution in [2.24, 2.45) is 0 Å². The summed E-state index contributed by atoms with van der Waals surface area (Å²) < 4.78 is 6.88. The number of nitrogens with one attached hydrogen (secondary N) is 2. The number of benzene rings is 2. The van der Waals surface area contributed by atoms with E-state index >= 15 is 0 Å². The maximum atomic E-state index is 11.9. The van der Waals surface area contributed by atoms with E-state index in [2.05, 4.69) is 20.7 Å². The predicted molar refractivity (Wildman–Crippen MR) is 97.6 cm³/mol. The van der Waals surface area contributed by atoms with Crippen molar-refractivity contribution in [1.82, 2.24) is 25.4 Å². The number of amides is 2. The van der Waals surface area contributed by atoms with Crippen molar-refractivity contribution in [1.29, 1.82) is 0 Å². The SMILES string of the molecule is COc1ccc(CNC(=O)NCc2ccc(Cn3cncn3)cc2)cc1. The maximum absolute atomic E-state index is 11.9. The summed E-state index contributed by atoms with van der Waals surface area (Å²) >= 11 is 0. The van der Waals surface area contributed by atoms with Crippen molar-refractivity contribution < 1.29 is 9.53 Å². The van der Waals surface area contributed by atoms with Gasteiger partial charge in [0, 0.05) is 13.1 Å². The number of methoxy groups -OCH3 is 1. The zero-order valence-corrected chi connectivity index (χ0v) is 14.6. The van der Waals surface area contributed by atoms with Crippen molar-refractivity contribution in [3.05, 3.63) is 77.9 Å². The Kier molecular flexibility index (Phi) is 5.82. The molecule has 3 aromatic rings. The van der Waals surface area contributed by atoms with E-state index in [9.17, 15) is 4.79 Å². The van der Waals surface area contributed by atoms with Crippen LogP contribution in [0, 0.1) is 0 Å². The van der Waals surface area contributed by atoms with Gasteiger partial charge in [-0.15, -0.1) is 0 Å². The molecule has 2 amide bonds. The van der Waals surface area contributed by atoms with Crippen molar-refractivity contribution in [3.8, 4) is 5.75 Å². The molecule has 1 heterocycles. The molecular formula is C19H21N5O2. The molecule has 0 aliphatic carbocycles. The van der Waals surface area contributed by atoms with Crippen molar-refractivity contribution in [3.63, 3.8) is 0 Å². The molecule has 7 nitrogen and oxygen atoms in total. The first kappa shape index (κ1) is 17.5. The highest BCUT2D eigenvalue weighted by Crippen LogP contribution is 2.11. The number of rotatable bonds is 7. The molecule has 2 aromatic carbocycles. The Morgan fingerprint density at radius 2 is 1.54 bits per heavy atom. The molecule has 0 fully saturated rings. The molecule has 0 bridgehead atoms. The highest BCUT2D eigenvalue weighted by molar-refractivity contribution is 5.73. The third-order valence-corrected chi connectivity index (χ3v) is 3.90. The summed E-state index contributed by atoms with van der Waals surface area (Å²) in [5.74, 6) is 0.797. The molecule has 0 aliphatic rings. The monoisotopic (exact) mass is 351 g/mol. The first-order valence-corrected chi connectivity index (χ1v) is 8.28. The van der Waals surface area contributed by atoms with Gasteiger partial charge in [0.25, 0.3) is 0 Å². The molecule has 26 heavy (non-hydrogen) atoms. The number of nitrogens with zero attached hydrogens (tertiary/aromatic N) is 3. The highest BCUT2D eigenvalue weighted by atomic mass is 16.5. The molecule has 0 saturated carbocycles. The quantitative estimate of drug-likeness (QED) is 0.685. The molecule has 1 aromatic heterocycles. The Hall–Kier alpha value is -3.35. The van der Waals surface area contributed by atoms with E-state index in [4.69, 9.17) is 4.74 Å². The van der Waals surface area contributed by atoms with Gasteiger partial charge in [0.15, 0.2) is 0 Å². The van der Waals surface area contributed by atoms with Crippen LogP contribution in [-0.4, -0.2) is 27.9 Å². The highest BCUT2D eigenvalue weighted by Gasteiger charge is 2.02. The van der Waals surface area contributed by atoms with Gasteiger partial charge >= 0.3 is 6.03 Å². The number of ether oxygens (including phenoxy) is 1. The van der Waals surface area contributed by atoms with Crippen LogP contribution in [0.5, 0.6) is 5.75 Å². The second kappa shape index (κ2) is 8.66. The van der Waals surface area contributed by atoms with Crippen LogP contribution in [0.2, 0.25) is 0 Å². The summed E-state index contributed by atoms with van der Waals surface area (Å²) in [5.41, 5.74) is 3.17. The van der Waals surface area contributed by atoms with Gasteiger partial charge in [0.2, 0.25) is 0 Å². The van der Waals surface area contributed by atoms with Gasteiger partial charge in [-0.2, -0.15) is 5.10 Å². The number of carbonyl (C=O) groups excluding carboxylic acids is 1. The number of aromatic nitrogens is 3. The third kappa shape index (κ3) is 5.07. The number of carbonyl (C=O) groups is 1. The summed E-state index contributed by atoms with van der Waals surface area (Å²) in [5, 5.41) is 9.77. The van der Waals surface area contributed by atoms with Gasteiger partial charge < -0.3 is 15.4 Å². The van der Waals surface area contributed by atoms with E-state index in [-0.39, 0.29) is 6.03 Å². The largest absolute Gasteiger partial charge is 0.497 e. The van der Waals surface area contributed by atoms with Gasteiger partial charge in [-0.3, -0.25) is 0 Å². The van der Waals surface area contributed by atoms with E-state index in [1.54, 1.807) is 18.1 Å². The van der Waals surface area contributed by atoms with Gasteiger partial charge in [-0.25, -0.2) is 14.5 Å². The minimum atomic E-state index is -0.201. The molecule has 0 spiro atoms. The summed E-state index contributed by atoms with van der Waals surface area (Å²) in [7, 11) is 1.63. The van der Waals surface area contributed by atoms with Crippen LogP contribution in [-0.2, 0) is 19.6 Å². The van der Waals surface area contributed by atoms with Crippen LogP contribution >= 0.6 is 0 Å². The van der Waals surface area contributed by atoms with Crippen LogP contribution in [0.3, 0.4) is 0 Å². The normalized spacial score (nSPS) is 10.3. The minimum Gasteiger partial charge on any atom is -0.497 e. The first-order chi connectivity index (χ1) is 12.7. The molecular weight excluding hydrogens is 330 g/mol. The van der Waals surface area contributed by atoms with Crippen LogP contribution in [0.1, 0.15) is 16.7 Å². The van der Waals surface area contributed by atoms with Crippen molar-refractivity contribution >= 4 is 6.03 Å². The van der Waals surface area contributed by atoms with Gasteiger partial charge in [0.05, 0.1) is 13.7 Å². The fraction of sp³-hybridized carbons (Fsp3) is 0.211. The zero-order chi connectivity index (χ0) is 18.2. The molecule has 2 N–H and O–H groups in total. The van der Waals surface area contributed by atoms with Crippen LogP contribution in [0.25, 0.3) is 0 Å². The Morgan fingerprint density at radius 1 is 0.962 bits per heavy atom. The topological polar surface area (TPSA) is 81.1 Å². The smallest absolute Gasteiger partial charge is 0.315 e. The molecule has 0 atom stereocenters. The van der Waals surface area contributed by atoms with Crippen molar-refractivity contribution in [2.75, 3.05) is 7.11 Å². The number of hydrogen-bond donors (Lipinski definition) is 2. The molecule has 0 unspecified atom stereocenters. The second-order valence-electron chi connectivity index (χ2n) is 5.79. The molecule has 7 heteroatoms. The van der Waals surface area contributed by atoms with E-state index in [0.29, 0.717) is 19.6 Å². The maximum Gasteiger partial charge on any atom is 0.315 e. The molecule has 0 saturated heterocycles. The minimum absolute atomic E-state index is 0.201. The van der Waals surface area contributed by atoms with Crippen LogP contribution in [0.4, 0.5) is 4.79 Å².